The van der Waals surface area contributed by atoms with Crippen molar-refractivity contribution in [3.8, 4) is 28.4 Å². The summed E-state index contributed by atoms with van der Waals surface area (Å²) in [6, 6.07) is 13.6. The summed E-state index contributed by atoms with van der Waals surface area (Å²) in [5, 5.41) is 4.70. The van der Waals surface area contributed by atoms with E-state index in [1.165, 1.54) is 0 Å². The molecule has 0 aliphatic heterocycles. The molecule has 0 spiro atoms. The minimum absolute atomic E-state index is 0.00411. The number of fused-ring (bicyclic) bond motifs is 2. The summed E-state index contributed by atoms with van der Waals surface area (Å²) in [5.41, 5.74) is 5.71. The van der Waals surface area contributed by atoms with Crippen LogP contribution in [0.15, 0.2) is 48.7 Å². The van der Waals surface area contributed by atoms with Crippen LogP contribution in [-0.4, -0.2) is 48.8 Å². The van der Waals surface area contributed by atoms with E-state index in [9.17, 15) is 4.79 Å². The predicted molar refractivity (Wildman–Crippen MR) is 131 cm³/mol. The molecule has 1 aliphatic rings. The molecule has 1 aliphatic carbocycles. The van der Waals surface area contributed by atoms with Gasteiger partial charge in [0.25, 0.3) is 0 Å². The first-order valence-corrected chi connectivity index (χ1v) is 11.4. The van der Waals surface area contributed by atoms with Gasteiger partial charge < -0.3 is 18.9 Å². The Morgan fingerprint density at radius 1 is 0.943 bits per heavy atom. The number of aromatic nitrogens is 3. The molecule has 0 bridgehead atoms. The van der Waals surface area contributed by atoms with Crippen molar-refractivity contribution in [2.24, 2.45) is 0 Å². The standard InChI is InChI=1S/C27H27N3O5/c1-32-15-22-26(16-5-8-19(33-2)9-6-16)27-28-21-11-18(12-23(31)20(21)14-30(27)29-22)17-7-10-24(34-3)25(13-17)35-4/h5-10,13-14,18H,11-12,15H2,1-4H3. The first-order chi connectivity index (χ1) is 17.1. The molecule has 2 heterocycles. The second kappa shape index (κ2) is 9.38. The Kier molecular flexibility index (Phi) is 6.13. The van der Waals surface area contributed by atoms with Crippen LogP contribution >= 0.6 is 0 Å². The van der Waals surface area contributed by atoms with E-state index < -0.39 is 0 Å². The maximum Gasteiger partial charge on any atom is 0.166 e. The summed E-state index contributed by atoms with van der Waals surface area (Å²) in [6.45, 7) is 0.331. The van der Waals surface area contributed by atoms with Crippen molar-refractivity contribution in [1.82, 2.24) is 14.6 Å². The largest absolute Gasteiger partial charge is 0.497 e. The predicted octanol–water partition coefficient (Wildman–Crippen LogP) is 4.48. The number of Topliss-reactive ketones (excluding diaryl/α,β-unsaturated/α-hetero) is 1. The van der Waals surface area contributed by atoms with Crippen LogP contribution in [0.5, 0.6) is 17.2 Å². The molecule has 4 aromatic rings. The number of methoxy groups -OCH3 is 4. The number of nitrogens with zero attached hydrogens (tertiary/aromatic N) is 3. The Morgan fingerprint density at radius 2 is 1.71 bits per heavy atom. The number of benzene rings is 2. The molecule has 0 N–H and O–H groups in total. The van der Waals surface area contributed by atoms with Crippen LogP contribution in [0.2, 0.25) is 0 Å². The first kappa shape index (κ1) is 22.9. The molecule has 1 unspecified atom stereocenters. The van der Waals surface area contributed by atoms with Crippen molar-refractivity contribution < 1.29 is 23.7 Å². The molecular formula is C27H27N3O5. The Bertz CT molecular complexity index is 1390. The maximum atomic E-state index is 13.2. The normalized spacial score (nSPS) is 15.2. The molecule has 0 fully saturated rings. The molecule has 35 heavy (non-hydrogen) atoms. The van der Waals surface area contributed by atoms with Gasteiger partial charge in [0, 0.05) is 19.7 Å². The summed E-state index contributed by atoms with van der Waals surface area (Å²) >= 11 is 0. The fourth-order valence-electron chi connectivity index (χ4n) is 4.71. The topological polar surface area (TPSA) is 84.2 Å². The molecule has 8 nitrogen and oxygen atoms in total. The molecule has 2 aromatic carbocycles. The van der Waals surface area contributed by atoms with Crippen LogP contribution in [0, 0.1) is 0 Å². The third-order valence-corrected chi connectivity index (χ3v) is 6.47. The quantitative estimate of drug-likeness (QED) is 0.391. The fourth-order valence-corrected chi connectivity index (χ4v) is 4.71. The molecule has 1 atom stereocenters. The molecule has 0 saturated heterocycles. The molecule has 0 radical (unpaired) electrons. The van der Waals surface area contributed by atoms with Gasteiger partial charge in [0.1, 0.15) is 5.75 Å². The first-order valence-electron chi connectivity index (χ1n) is 11.4. The van der Waals surface area contributed by atoms with Crippen LogP contribution in [0.4, 0.5) is 0 Å². The lowest BCUT2D eigenvalue weighted by atomic mass is 9.82. The maximum absolute atomic E-state index is 13.2. The summed E-state index contributed by atoms with van der Waals surface area (Å²) in [7, 11) is 6.49. The van der Waals surface area contributed by atoms with E-state index in [4.69, 9.17) is 29.0 Å². The lowest BCUT2D eigenvalue weighted by Crippen LogP contribution is -2.21. The number of rotatable bonds is 7. The van der Waals surface area contributed by atoms with E-state index in [0.29, 0.717) is 42.2 Å². The Morgan fingerprint density at radius 3 is 2.40 bits per heavy atom. The summed E-state index contributed by atoms with van der Waals surface area (Å²) in [6.07, 6.45) is 2.84. The van der Waals surface area contributed by atoms with E-state index >= 15 is 0 Å². The Labute approximate surface area is 203 Å². The third-order valence-electron chi connectivity index (χ3n) is 6.47. The number of ketones is 1. The highest BCUT2D eigenvalue weighted by Gasteiger charge is 2.30. The number of hydrogen-bond acceptors (Lipinski definition) is 7. The molecule has 5 rings (SSSR count). The van der Waals surface area contributed by atoms with Gasteiger partial charge in [0.15, 0.2) is 22.9 Å². The zero-order valence-corrected chi connectivity index (χ0v) is 20.2. The lowest BCUT2D eigenvalue weighted by molar-refractivity contribution is 0.0962. The Hall–Kier alpha value is -3.91. The monoisotopic (exact) mass is 473 g/mol. The van der Waals surface area contributed by atoms with Crippen molar-refractivity contribution in [1.29, 1.82) is 0 Å². The van der Waals surface area contributed by atoms with Gasteiger partial charge in [-0.25, -0.2) is 9.50 Å². The van der Waals surface area contributed by atoms with Crippen LogP contribution in [0.1, 0.15) is 39.6 Å². The van der Waals surface area contributed by atoms with Crippen molar-refractivity contribution >= 4 is 11.4 Å². The number of carbonyl (C=O) groups is 1. The summed E-state index contributed by atoms with van der Waals surface area (Å²) in [4.78, 5) is 18.1. The Balaban J connectivity index is 1.59. The number of carbonyl (C=O) groups excluding carboxylic acids is 1. The fraction of sp³-hybridized carbons (Fsp3) is 0.296. The van der Waals surface area contributed by atoms with Gasteiger partial charge in [-0.1, -0.05) is 18.2 Å². The second-order valence-electron chi connectivity index (χ2n) is 8.50. The number of hydrogen-bond donors (Lipinski definition) is 0. The van der Waals surface area contributed by atoms with Gasteiger partial charge in [0.05, 0.1) is 50.5 Å². The average molecular weight is 474 g/mol. The van der Waals surface area contributed by atoms with Gasteiger partial charge in [-0.3, -0.25) is 4.79 Å². The van der Waals surface area contributed by atoms with Crippen LogP contribution in [-0.2, 0) is 17.8 Å². The van der Waals surface area contributed by atoms with Gasteiger partial charge >= 0.3 is 0 Å². The molecule has 8 heteroatoms. The third kappa shape index (κ3) is 4.10. The molecule has 2 aromatic heterocycles. The molecular weight excluding hydrogens is 446 g/mol. The summed E-state index contributed by atoms with van der Waals surface area (Å²) < 4.78 is 23.2. The van der Waals surface area contributed by atoms with Crippen molar-refractivity contribution in [2.45, 2.75) is 25.4 Å². The van der Waals surface area contributed by atoms with Crippen molar-refractivity contribution in [2.75, 3.05) is 28.4 Å². The highest BCUT2D eigenvalue weighted by molar-refractivity contribution is 5.99. The van der Waals surface area contributed by atoms with Crippen LogP contribution in [0.3, 0.4) is 0 Å². The highest BCUT2D eigenvalue weighted by atomic mass is 16.5. The van der Waals surface area contributed by atoms with Gasteiger partial charge in [-0.15, -0.1) is 0 Å². The van der Waals surface area contributed by atoms with E-state index in [-0.39, 0.29) is 11.7 Å². The zero-order chi connectivity index (χ0) is 24.5. The van der Waals surface area contributed by atoms with Gasteiger partial charge in [-0.2, -0.15) is 5.10 Å². The van der Waals surface area contributed by atoms with Crippen LogP contribution in [0.25, 0.3) is 16.8 Å². The van der Waals surface area contributed by atoms with Crippen molar-refractivity contribution in [3.63, 3.8) is 0 Å². The van der Waals surface area contributed by atoms with Crippen LogP contribution < -0.4 is 14.2 Å². The average Bonchev–Trinajstić information content (AvgIpc) is 3.24. The van der Waals surface area contributed by atoms with Gasteiger partial charge in [-0.05, 0) is 47.7 Å². The SMILES string of the molecule is COCc1nn2cc3c(nc2c1-c1ccc(OC)cc1)CC(c1ccc(OC)c(OC)c1)CC3=O. The van der Waals surface area contributed by atoms with E-state index in [1.807, 2.05) is 42.5 Å². The lowest BCUT2D eigenvalue weighted by Gasteiger charge is -2.24. The van der Waals surface area contributed by atoms with E-state index in [0.717, 1.165) is 33.8 Å². The second-order valence-corrected chi connectivity index (χ2v) is 8.50. The number of ether oxygens (including phenoxy) is 4. The molecule has 0 saturated carbocycles. The minimum Gasteiger partial charge on any atom is -0.497 e. The minimum atomic E-state index is -0.00411. The summed E-state index contributed by atoms with van der Waals surface area (Å²) in [5.74, 6) is 2.12. The van der Waals surface area contributed by atoms with E-state index in [1.54, 1.807) is 39.2 Å². The highest BCUT2D eigenvalue weighted by Crippen LogP contribution is 2.38. The zero-order valence-electron chi connectivity index (χ0n) is 20.2. The molecule has 0 amide bonds. The van der Waals surface area contributed by atoms with E-state index in [2.05, 4.69) is 0 Å². The van der Waals surface area contributed by atoms with Crippen molar-refractivity contribution in [3.05, 3.63) is 71.2 Å². The molecule has 180 valence electrons. The van der Waals surface area contributed by atoms with Gasteiger partial charge in [0.2, 0.25) is 0 Å². The smallest absolute Gasteiger partial charge is 0.166 e.